The van der Waals surface area contributed by atoms with E-state index in [4.69, 9.17) is 11.0 Å². The Bertz CT molecular complexity index is 369. The van der Waals surface area contributed by atoms with E-state index in [1.807, 2.05) is 19.9 Å². The normalized spacial score (nSPS) is 11.9. The van der Waals surface area contributed by atoms with Gasteiger partial charge in [-0.3, -0.25) is 0 Å². The summed E-state index contributed by atoms with van der Waals surface area (Å²) in [5.74, 6) is 0.468. The highest BCUT2D eigenvalue weighted by molar-refractivity contribution is 5.33. The minimum Gasteiger partial charge on any atom is -0.353 e. The van der Waals surface area contributed by atoms with Gasteiger partial charge in [0.05, 0.1) is 0 Å². The van der Waals surface area contributed by atoms with E-state index in [1.165, 1.54) is 0 Å². The van der Waals surface area contributed by atoms with Crippen molar-refractivity contribution in [1.82, 2.24) is 9.97 Å². The minimum absolute atomic E-state index is 0.0830. The lowest BCUT2D eigenvalue weighted by molar-refractivity contribution is 0.675. The highest BCUT2D eigenvalue weighted by Gasteiger charge is 2.03. The zero-order valence-corrected chi connectivity index (χ0v) is 8.99. The number of nitrogens with one attached hydrogen (secondary N) is 1. The highest BCUT2D eigenvalue weighted by Crippen LogP contribution is 2.03. The maximum absolute atomic E-state index is 8.72. The Kier molecular flexibility index (Phi) is 4.01. The second kappa shape index (κ2) is 5.27. The predicted octanol–water partition coefficient (Wildman–Crippen LogP) is 0.806. The van der Waals surface area contributed by atoms with Gasteiger partial charge in [0.25, 0.3) is 0 Å². The van der Waals surface area contributed by atoms with Crippen molar-refractivity contribution in [2.24, 2.45) is 5.73 Å². The number of aryl methyl sites for hydroxylation is 1. The van der Waals surface area contributed by atoms with Gasteiger partial charge in [0.2, 0.25) is 5.95 Å². The molecule has 0 aromatic carbocycles. The molecule has 5 heteroatoms. The molecule has 0 fully saturated rings. The summed E-state index contributed by atoms with van der Waals surface area (Å²) < 4.78 is 0. The van der Waals surface area contributed by atoms with Gasteiger partial charge in [-0.1, -0.05) is 6.92 Å². The van der Waals surface area contributed by atoms with Crippen molar-refractivity contribution in [1.29, 1.82) is 5.26 Å². The van der Waals surface area contributed by atoms with E-state index in [0.29, 0.717) is 18.2 Å². The van der Waals surface area contributed by atoms with Crippen LogP contribution < -0.4 is 11.1 Å². The molecule has 1 atom stereocenters. The molecule has 0 saturated carbocycles. The Morgan fingerprint density at radius 1 is 1.60 bits per heavy atom. The van der Waals surface area contributed by atoms with Crippen LogP contribution in [0.5, 0.6) is 0 Å². The number of nitrogens with zero attached hydrogens (tertiary/aromatic N) is 3. The fourth-order valence-corrected chi connectivity index (χ4v) is 1.07. The van der Waals surface area contributed by atoms with Crippen molar-refractivity contribution in [3.63, 3.8) is 0 Å². The lowest BCUT2D eigenvalue weighted by Gasteiger charge is -2.10. The van der Waals surface area contributed by atoms with Gasteiger partial charge < -0.3 is 11.1 Å². The van der Waals surface area contributed by atoms with Crippen LogP contribution in [0.1, 0.15) is 24.7 Å². The third-order valence-electron chi connectivity index (χ3n) is 2.02. The summed E-state index contributed by atoms with van der Waals surface area (Å²) in [4.78, 5) is 8.18. The van der Waals surface area contributed by atoms with Crippen LogP contribution in [0.2, 0.25) is 0 Å². The van der Waals surface area contributed by atoms with E-state index in [1.54, 1.807) is 6.07 Å². The van der Waals surface area contributed by atoms with Gasteiger partial charge >= 0.3 is 0 Å². The van der Waals surface area contributed by atoms with E-state index in [9.17, 15) is 0 Å². The van der Waals surface area contributed by atoms with Crippen molar-refractivity contribution in [3.05, 3.63) is 17.5 Å². The molecule has 1 rings (SSSR count). The third-order valence-corrected chi connectivity index (χ3v) is 2.02. The molecule has 80 valence electrons. The molecule has 1 aromatic rings. The van der Waals surface area contributed by atoms with Crippen molar-refractivity contribution in [2.45, 2.75) is 26.3 Å². The molecule has 15 heavy (non-hydrogen) atoms. The first-order valence-electron chi connectivity index (χ1n) is 4.91. The summed E-state index contributed by atoms with van der Waals surface area (Å²) in [6, 6.07) is 3.71. The summed E-state index contributed by atoms with van der Waals surface area (Å²) >= 11 is 0. The first kappa shape index (κ1) is 11.4. The van der Waals surface area contributed by atoms with Crippen molar-refractivity contribution in [2.75, 3.05) is 11.9 Å². The van der Waals surface area contributed by atoms with Crippen LogP contribution in [-0.2, 0) is 0 Å². The number of hydrogen-bond donors (Lipinski definition) is 2. The summed E-state index contributed by atoms with van der Waals surface area (Å²) in [5, 5.41) is 11.7. The van der Waals surface area contributed by atoms with Crippen LogP contribution in [0.4, 0.5) is 5.95 Å². The van der Waals surface area contributed by atoms with Gasteiger partial charge in [0.1, 0.15) is 11.8 Å². The van der Waals surface area contributed by atoms with Gasteiger partial charge in [-0.25, -0.2) is 9.97 Å². The van der Waals surface area contributed by atoms with Crippen LogP contribution in [0.25, 0.3) is 0 Å². The molecule has 0 aliphatic rings. The maximum atomic E-state index is 8.72. The average molecular weight is 205 g/mol. The predicted molar refractivity (Wildman–Crippen MR) is 58.2 cm³/mol. The Balaban J connectivity index is 2.69. The number of nitriles is 1. The molecule has 5 nitrogen and oxygen atoms in total. The third kappa shape index (κ3) is 3.52. The number of hydrogen-bond acceptors (Lipinski definition) is 5. The minimum atomic E-state index is 0.0830. The fourth-order valence-electron chi connectivity index (χ4n) is 1.07. The molecular formula is C10H15N5. The Hall–Kier alpha value is -1.67. The molecule has 3 N–H and O–H groups in total. The molecule has 0 saturated heterocycles. The van der Waals surface area contributed by atoms with Gasteiger partial charge in [0.15, 0.2) is 0 Å². The second-order valence-electron chi connectivity index (χ2n) is 3.38. The van der Waals surface area contributed by atoms with E-state index in [2.05, 4.69) is 15.3 Å². The van der Waals surface area contributed by atoms with Crippen LogP contribution in [-0.4, -0.2) is 22.6 Å². The molecule has 0 bridgehead atoms. The van der Waals surface area contributed by atoms with Crippen LogP contribution in [0, 0.1) is 18.3 Å². The molecule has 0 radical (unpaired) electrons. The molecule has 0 amide bonds. The number of anilines is 1. The van der Waals surface area contributed by atoms with E-state index >= 15 is 0 Å². The van der Waals surface area contributed by atoms with Gasteiger partial charge in [-0.2, -0.15) is 5.26 Å². The van der Waals surface area contributed by atoms with E-state index in [0.717, 1.165) is 12.1 Å². The largest absolute Gasteiger partial charge is 0.353 e. The molecule has 0 aliphatic carbocycles. The summed E-state index contributed by atoms with van der Waals surface area (Å²) in [5.41, 5.74) is 6.89. The Morgan fingerprint density at radius 2 is 2.33 bits per heavy atom. The lowest BCUT2D eigenvalue weighted by atomic mass is 10.2. The Labute approximate surface area is 89.3 Å². The monoisotopic (exact) mass is 205 g/mol. The first-order valence-corrected chi connectivity index (χ1v) is 4.91. The van der Waals surface area contributed by atoms with E-state index < -0.39 is 0 Å². The smallest absolute Gasteiger partial charge is 0.224 e. The second-order valence-corrected chi connectivity index (χ2v) is 3.38. The topological polar surface area (TPSA) is 87.6 Å². The summed E-state index contributed by atoms with van der Waals surface area (Å²) in [7, 11) is 0. The maximum Gasteiger partial charge on any atom is 0.224 e. The molecule has 0 spiro atoms. The van der Waals surface area contributed by atoms with E-state index in [-0.39, 0.29) is 6.04 Å². The standard InChI is InChI=1S/C10H15N5/c1-3-8(12)6-13-10-14-7(2)4-9(5-11)15-10/h4,8H,3,6,12H2,1-2H3,(H,13,14,15). The van der Waals surface area contributed by atoms with Gasteiger partial charge in [0, 0.05) is 18.3 Å². The lowest BCUT2D eigenvalue weighted by Crippen LogP contribution is -2.28. The van der Waals surface area contributed by atoms with Crippen molar-refractivity contribution in [3.8, 4) is 6.07 Å². The zero-order valence-electron chi connectivity index (χ0n) is 8.99. The number of nitrogens with two attached hydrogens (primary N) is 1. The van der Waals surface area contributed by atoms with Crippen LogP contribution in [0.3, 0.4) is 0 Å². The highest BCUT2D eigenvalue weighted by atomic mass is 15.1. The fraction of sp³-hybridized carbons (Fsp3) is 0.500. The van der Waals surface area contributed by atoms with Crippen molar-refractivity contribution < 1.29 is 0 Å². The summed E-state index contributed by atoms with van der Waals surface area (Å²) in [6.07, 6.45) is 0.893. The number of rotatable bonds is 4. The van der Waals surface area contributed by atoms with Gasteiger partial charge in [-0.15, -0.1) is 0 Å². The molecular weight excluding hydrogens is 190 g/mol. The van der Waals surface area contributed by atoms with Crippen LogP contribution >= 0.6 is 0 Å². The summed E-state index contributed by atoms with van der Waals surface area (Å²) in [6.45, 7) is 4.46. The molecule has 1 unspecified atom stereocenters. The zero-order chi connectivity index (χ0) is 11.3. The average Bonchev–Trinajstić information content (AvgIpc) is 2.25. The van der Waals surface area contributed by atoms with Crippen molar-refractivity contribution >= 4 is 5.95 Å². The van der Waals surface area contributed by atoms with Crippen LogP contribution in [0.15, 0.2) is 6.07 Å². The Morgan fingerprint density at radius 3 is 2.93 bits per heavy atom. The molecule has 1 heterocycles. The first-order chi connectivity index (χ1) is 7.15. The SMILES string of the molecule is CCC(N)CNc1nc(C)cc(C#N)n1. The number of aromatic nitrogens is 2. The molecule has 0 aliphatic heterocycles. The molecule has 1 aromatic heterocycles. The quantitative estimate of drug-likeness (QED) is 0.759. The van der Waals surface area contributed by atoms with Gasteiger partial charge in [-0.05, 0) is 19.4 Å².